The fourth-order valence-corrected chi connectivity index (χ4v) is 0.748. The zero-order valence-electron chi connectivity index (χ0n) is 7.78. The Bertz CT molecular complexity index is 228. The third kappa shape index (κ3) is 3.98. The molecule has 2 N–H and O–H groups in total. The molecule has 0 fully saturated rings. The van der Waals surface area contributed by atoms with E-state index in [4.69, 9.17) is 5.73 Å². The number of carbonyl (C=O) groups excluding carboxylic acids is 1. The lowest BCUT2D eigenvalue weighted by Gasteiger charge is -2.20. The van der Waals surface area contributed by atoms with Crippen molar-refractivity contribution in [2.24, 2.45) is 5.73 Å². The summed E-state index contributed by atoms with van der Waals surface area (Å²) in [6, 6.07) is -1.47. The van der Waals surface area contributed by atoms with Crippen LogP contribution in [0.2, 0.25) is 0 Å². The number of hydrogen-bond acceptors (Lipinski definition) is 3. The van der Waals surface area contributed by atoms with Crippen LogP contribution in [0.15, 0.2) is 0 Å². The maximum absolute atomic E-state index is 12.3. The molecule has 0 radical (unpaired) electrons. The molecule has 1 unspecified atom stereocenters. The molecule has 0 aliphatic rings. The summed E-state index contributed by atoms with van der Waals surface area (Å²) in [5.41, 5.74) is 5.00. The average molecular weight is 235 g/mol. The molecule has 15 heavy (non-hydrogen) atoms. The quantitative estimate of drug-likeness (QED) is 0.593. The van der Waals surface area contributed by atoms with Gasteiger partial charge in [-0.25, -0.2) is 0 Å². The van der Waals surface area contributed by atoms with Gasteiger partial charge in [-0.1, -0.05) is 0 Å². The van der Waals surface area contributed by atoms with Crippen LogP contribution >= 0.6 is 0 Å². The Hall–Kier alpha value is -0.920. The molecule has 1 atom stereocenters. The molecule has 0 aromatic heterocycles. The Balaban J connectivity index is 4.22. The van der Waals surface area contributed by atoms with E-state index in [1.807, 2.05) is 0 Å². The van der Waals surface area contributed by atoms with E-state index in [-0.39, 0.29) is 0 Å². The minimum Gasteiger partial charge on any atom is -0.468 e. The van der Waals surface area contributed by atoms with Gasteiger partial charge in [0.05, 0.1) is 7.11 Å². The van der Waals surface area contributed by atoms with Gasteiger partial charge in [0, 0.05) is 6.42 Å². The van der Waals surface area contributed by atoms with E-state index in [1.54, 1.807) is 0 Å². The van der Waals surface area contributed by atoms with E-state index < -0.39 is 37.0 Å². The summed E-state index contributed by atoms with van der Waals surface area (Å²) in [5, 5.41) is 0. The Morgan fingerprint density at radius 2 is 1.80 bits per heavy atom. The minimum absolute atomic E-state index is 0.792. The van der Waals surface area contributed by atoms with Gasteiger partial charge in [0.2, 0.25) is 0 Å². The monoisotopic (exact) mass is 235 g/mol. The SMILES string of the molecule is COC(=O)C(N)CCC(F)(F)C(F)(F)F. The van der Waals surface area contributed by atoms with Crippen LogP contribution in [0.5, 0.6) is 0 Å². The van der Waals surface area contributed by atoms with Crippen molar-refractivity contribution in [3.8, 4) is 0 Å². The Kier molecular flexibility index (Phi) is 4.44. The van der Waals surface area contributed by atoms with Crippen LogP contribution in [0.4, 0.5) is 22.0 Å². The predicted molar refractivity (Wildman–Crippen MR) is 40.2 cm³/mol. The second-order valence-electron chi connectivity index (χ2n) is 2.87. The van der Waals surface area contributed by atoms with Crippen LogP contribution in [-0.4, -0.2) is 31.2 Å². The van der Waals surface area contributed by atoms with E-state index in [2.05, 4.69) is 4.74 Å². The molecule has 0 rings (SSSR count). The third-order valence-electron chi connectivity index (χ3n) is 1.69. The third-order valence-corrected chi connectivity index (χ3v) is 1.69. The highest BCUT2D eigenvalue weighted by atomic mass is 19.4. The zero-order valence-corrected chi connectivity index (χ0v) is 7.78. The van der Waals surface area contributed by atoms with Crippen LogP contribution in [0.1, 0.15) is 12.8 Å². The molecule has 3 nitrogen and oxygen atoms in total. The highest BCUT2D eigenvalue weighted by Crippen LogP contribution is 2.38. The number of methoxy groups -OCH3 is 1. The van der Waals surface area contributed by atoms with Crippen LogP contribution < -0.4 is 5.73 Å². The summed E-state index contributed by atoms with van der Waals surface area (Å²) in [5.74, 6) is -5.86. The molecule has 0 amide bonds. The van der Waals surface area contributed by atoms with Crippen molar-refractivity contribution in [3.63, 3.8) is 0 Å². The molecular formula is C7H10F5NO2. The first-order chi connectivity index (χ1) is 6.62. The summed E-state index contributed by atoms with van der Waals surface area (Å²) < 4.78 is 63.7. The van der Waals surface area contributed by atoms with Gasteiger partial charge in [0.15, 0.2) is 0 Å². The topological polar surface area (TPSA) is 52.3 Å². The Labute approximate surface area is 82.4 Å². The van der Waals surface area contributed by atoms with Gasteiger partial charge in [0.1, 0.15) is 6.04 Å². The first kappa shape index (κ1) is 14.1. The zero-order chi connectivity index (χ0) is 12.3. The molecule has 0 aromatic rings. The van der Waals surface area contributed by atoms with E-state index in [1.165, 1.54) is 0 Å². The van der Waals surface area contributed by atoms with Crippen molar-refractivity contribution in [1.82, 2.24) is 0 Å². The largest absolute Gasteiger partial charge is 0.468 e. The molecule has 8 heteroatoms. The average Bonchev–Trinajstić information content (AvgIpc) is 2.11. The lowest BCUT2D eigenvalue weighted by atomic mass is 10.1. The summed E-state index contributed by atoms with van der Waals surface area (Å²) >= 11 is 0. The number of rotatable bonds is 4. The molecule has 0 aliphatic carbocycles. The van der Waals surface area contributed by atoms with Gasteiger partial charge < -0.3 is 10.5 Å². The van der Waals surface area contributed by atoms with Gasteiger partial charge in [-0.05, 0) is 6.42 Å². The van der Waals surface area contributed by atoms with Gasteiger partial charge in [0.25, 0.3) is 0 Å². The molecule has 0 heterocycles. The summed E-state index contributed by atoms with van der Waals surface area (Å²) in [6.45, 7) is 0. The molecule has 0 aliphatic heterocycles. The fourth-order valence-electron chi connectivity index (χ4n) is 0.748. The van der Waals surface area contributed by atoms with Crippen molar-refractivity contribution in [1.29, 1.82) is 0 Å². The minimum atomic E-state index is -5.62. The number of esters is 1. The highest BCUT2D eigenvalue weighted by molar-refractivity contribution is 5.75. The smallest absolute Gasteiger partial charge is 0.453 e. The van der Waals surface area contributed by atoms with Gasteiger partial charge in [-0.2, -0.15) is 22.0 Å². The van der Waals surface area contributed by atoms with E-state index in [0.29, 0.717) is 0 Å². The van der Waals surface area contributed by atoms with Crippen LogP contribution in [0.25, 0.3) is 0 Å². The molecule has 0 saturated carbocycles. The number of carbonyl (C=O) groups is 1. The van der Waals surface area contributed by atoms with Gasteiger partial charge >= 0.3 is 18.1 Å². The summed E-state index contributed by atoms with van der Waals surface area (Å²) in [7, 11) is 0.962. The van der Waals surface area contributed by atoms with E-state index in [9.17, 15) is 26.7 Å². The first-order valence-electron chi connectivity index (χ1n) is 3.90. The van der Waals surface area contributed by atoms with E-state index >= 15 is 0 Å². The molecule has 0 bridgehead atoms. The second kappa shape index (κ2) is 4.73. The van der Waals surface area contributed by atoms with Crippen molar-refractivity contribution < 1.29 is 31.5 Å². The van der Waals surface area contributed by atoms with Crippen molar-refractivity contribution in [2.75, 3.05) is 7.11 Å². The highest BCUT2D eigenvalue weighted by Gasteiger charge is 2.56. The van der Waals surface area contributed by atoms with Gasteiger partial charge in [-0.3, -0.25) is 4.79 Å². The van der Waals surface area contributed by atoms with Crippen molar-refractivity contribution in [2.45, 2.75) is 31.0 Å². The lowest BCUT2D eigenvalue weighted by molar-refractivity contribution is -0.284. The lowest BCUT2D eigenvalue weighted by Crippen LogP contribution is -2.39. The number of alkyl halides is 5. The number of halogens is 5. The summed E-state index contributed by atoms with van der Waals surface area (Å²) in [4.78, 5) is 10.6. The Morgan fingerprint density at radius 3 is 2.13 bits per heavy atom. The fraction of sp³-hybridized carbons (Fsp3) is 0.857. The Morgan fingerprint density at radius 1 is 1.33 bits per heavy atom. The number of ether oxygens (including phenoxy) is 1. The molecule has 0 spiro atoms. The van der Waals surface area contributed by atoms with Gasteiger partial charge in [-0.15, -0.1) is 0 Å². The number of hydrogen-bond donors (Lipinski definition) is 1. The second-order valence-corrected chi connectivity index (χ2v) is 2.87. The van der Waals surface area contributed by atoms with Crippen molar-refractivity contribution in [3.05, 3.63) is 0 Å². The molecule has 0 saturated heterocycles. The maximum Gasteiger partial charge on any atom is 0.453 e. The summed E-state index contributed by atoms with van der Waals surface area (Å²) in [6.07, 6.45) is -7.95. The predicted octanol–water partition coefficient (Wildman–Crippen LogP) is 1.46. The number of nitrogens with two attached hydrogens (primary N) is 1. The van der Waals surface area contributed by atoms with Crippen LogP contribution in [-0.2, 0) is 9.53 Å². The molecule has 0 aromatic carbocycles. The maximum atomic E-state index is 12.3. The first-order valence-corrected chi connectivity index (χ1v) is 3.90. The van der Waals surface area contributed by atoms with Crippen LogP contribution in [0, 0.1) is 0 Å². The molecule has 90 valence electrons. The van der Waals surface area contributed by atoms with Crippen LogP contribution in [0.3, 0.4) is 0 Å². The standard InChI is InChI=1S/C7H10F5NO2/c1-15-5(14)4(13)2-3-6(8,9)7(10,11)12/h4H,2-3,13H2,1H3. The van der Waals surface area contributed by atoms with Crippen molar-refractivity contribution >= 4 is 5.97 Å². The normalized spacial score (nSPS) is 14.9. The van der Waals surface area contributed by atoms with E-state index in [0.717, 1.165) is 7.11 Å². The molecular weight excluding hydrogens is 225 g/mol.